The van der Waals surface area contributed by atoms with Gasteiger partial charge in [-0.05, 0) is 42.9 Å². The molecule has 0 unspecified atom stereocenters. The van der Waals surface area contributed by atoms with E-state index in [1.54, 1.807) is 6.07 Å². The van der Waals surface area contributed by atoms with Crippen molar-refractivity contribution in [3.8, 4) is 0 Å². The summed E-state index contributed by atoms with van der Waals surface area (Å²) in [6, 6.07) is 5.69. The van der Waals surface area contributed by atoms with E-state index >= 15 is 0 Å². The van der Waals surface area contributed by atoms with E-state index < -0.39 is 5.97 Å². The Morgan fingerprint density at radius 2 is 1.92 bits per heavy atom. The maximum Gasteiger partial charge on any atom is 0.335 e. The number of amidine groups is 1. The van der Waals surface area contributed by atoms with E-state index in [1.807, 2.05) is 12.1 Å². The van der Waals surface area contributed by atoms with Gasteiger partial charge in [0.05, 0.1) is 17.8 Å². The zero-order valence-corrected chi connectivity index (χ0v) is 15.1. The van der Waals surface area contributed by atoms with Crippen molar-refractivity contribution in [2.75, 3.05) is 19.6 Å². The normalized spacial score (nSPS) is 20.6. The quantitative estimate of drug-likeness (QED) is 0.894. The van der Waals surface area contributed by atoms with Crippen molar-refractivity contribution >= 4 is 22.7 Å². The third-order valence-corrected chi connectivity index (χ3v) is 6.32. The van der Waals surface area contributed by atoms with E-state index in [2.05, 4.69) is 9.47 Å². The van der Waals surface area contributed by atoms with Crippen LogP contribution in [0, 0.1) is 0 Å². The van der Waals surface area contributed by atoms with Crippen LogP contribution >= 0.6 is 0 Å². The maximum absolute atomic E-state index is 11.5. The van der Waals surface area contributed by atoms with Crippen LogP contribution in [0.25, 0.3) is 10.9 Å². The van der Waals surface area contributed by atoms with Crippen LogP contribution in [0.1, 0.15) is 66.1 Å². The second-order valence-corrected chi connectivity index (χ2v) is 7.83. The molecule has 2 aromatic rings. The molecule has 0 amide bonds. The van der Waals surface area contributed by atoms with Crippen LogP contribution in [0.5, 0.6) is 0 Å². The number of nitrogens with zero attached hydrogens (tertiary/aromatic N) is 3. The predicted molar refractivity (Wildman–Crippen MR) is 102 cm³/mol. The summed E-state index contributed by atoms with van der Waals surface area (Å²) in [6.45, 7) is 3.88. The summed E-state index contributed by atoms with van der Waals surface area (Å²) in [6.07, 6.45) is 7.47. The smallest absolute Gasteiger partial charge is 0.335 e. The Morgan fingerprint density at radius 3 is 2.73 bits per heavy atom. The molecule has 3 heterocycles. The minimum Gasteiger partial charge on any atom is -0.478 e. The Morgan fingerprint density at radius 1 is 1.08 bits per heavy atom. The van der Waals surface area contributed by atoms with Crippen molar-refractivity contribution in [2.45, 2.75) is 51.0 Å². The molecule has 0 spiro atoms. The Hall–Kier alpha value is -2.30. The van der Waals surface area contributed by atoms with Crippen molar-refractivity contribution in [3.05, 3.63) is 35.0 Å². The number of carbonyl (C=O) groups is 1. The first-order chi connectivity index (χ1) is 12.7. The number of hydrogen-bond donors (Lipinski definition) is 1. The van der Waals surface area contributed by atoms with Crippen LogP contribution in [-0.4, -0.2) is 46.0 Å². The Labute approximate surface area is 153 Å². The van der Waals surface area contributed by atoms with E-state index in [1.165, 1.54) is 48.7 Å². The number of fused-ring (bicyclic) bond motifs is 5. The standard InChI is InChI=1S/C21H25N3O2/c25-21(26)15-7-8-16-17(13-15)24-11-4-10-23-12-9-22-20(23)19(24)18(16)14-5-2-1-3-6-14/h7-8,13-14H,1-6,9-12H2,(H,25,26). The van der Waals surface area contributed by atoms with Gasteiger partial charge in [-0.1, -0.05) is 25.3 Å². The summed E-state index contributed by atoms with van der Waals surface area (Å²) in [5.41, 5.74) is 4.17. The second-order valence-electron chi connectivity index (χ2n) is 7.83. The monoisotopic (exact) mass is 351 g/mol. The van der Waals surface area contributed by atoms with Crippen LogP contribution in [0.15, 0.2) is 23.2 Å². The molecule has 0 saturated heterocycles. The topological polar surface area (TPSA) is 57.8 Å². The highest BCUT2D eigenvalue weighted by Gasteiger charge is 2.33. The first-order valence-corrected chi connectivity index (χ1v) is 9.93. The molecule has 3 aliphatic rings. The van der Waals surface area contributed by atoms with Gasteiger partial charge in [-0.3, -0.25) is 4.99 Å². The zero-order chi connectivity index (χ0) is 17.7. The first-order valence-electron chi connectivity index (χ1n) is 9.93. The molecule has 5 rings (SSSR count). The van der Waals surface area contributed by atoms with Crippen LogP contribution in [0.3, 0.4) is 0 Å². The fraction of sp³-hybridized carbons (Fsp3) is 0.524. The molecule has 1 fully saturated rings. The van der Waals surface area contributed by atoms with Crippen molar-refractivity contribution in [2.24, 2.45) is 4.99 Å². The molecule has 5 heteroatoms. The van der Waals surface area contributed by atoms with Crippen molar-refractivity contribution in [1.29, 1.82) is 0 Å². The lowest BCUT2D eigenvalue weighted by Gasteiger charge is -2.25. The highest BCUT2D eigenvalue weighted by atomic mass is 16.4. The van der Waals surface area contributed by atoms with Gasteiger partial charge in [0.25, 0.3) is 0 Å². The summed E-state index contributed by atoms with van der Waals surface area (Å²) in [5.74, 6) is 0.868. The number of carboxylic acid groups (broad SMARTS) is 1. The van der Waals surface area contributed by atoms with Crippen LogP contribution in [0.2, 0.25) is 0 Å². The molecular formula is C21H25N3O2. The predicted octanol–water partition coefficient (Wildman–Crippen LogP) is 3.85. The van der Waals surface area contributed by atoms with Crippen molar-refractivity contribution in [3.63, 3.8) is 0 Å². The Kier molecular flexibility index (Phi) is 3.76. The molecule has 0 bridgehead atoms. The van der Waals surface area contributed by atoms with Crippen LogP contribution in [-0.2, 0) is 6.54 Å². The molecule has 2 aliphatic heterocycles. The lowest BCUT2D eigenvalue weighted by Crippen LogP contribution is -2.29. The summed E-state index contributed by atoms with van der Waals surface area (Å²) < 4.78 is 2.37. The fourth-order valence-corrected chi connectivity index (χ4v) is 5.13. The molecular weight excluding hydrogens is 326 g/mol. The Bertz CT molecular complexity index is 906. The van der Waals surface area contributed by atoms with E-state index in [-0.39, 0.29) is 0 Å². The van der Waals surface area contributed by atoms with Crippen molar-refractivity contribution in [1.82, 2.24) is 9.47 Å². The summed E-state index contributed by atoms with van der Waals surface area (Å²) in [7, 11) is 0. The van der Waals surface area contributed by atoms with Gasteiger partial charge in [0.2, 0.25) is 0 Å². The van der Waals surface area contributed by atoms with E-state index in [4.69, 9.17) is 4.99 Å². The fourth-order valence-electron chi connectivity index (χ4n) is 5.13. The lowest BCUT2D eigenvalue weighted by molar-refractivity contribution is 0.0697. The maximum atomic E-state index is 11.5. The van der Waals surface area contributed by atoms with Gasteiger partial charge in [-0.25, -0.2) is 4.79 Å². The van der Waals surface area contributed by atoms with Gasteiger partial charge in [0, 0.05) is 30.5 Å². The summed E-state index contributed by atoms with van der Waals surface area (Å²) >= 11 is 0. The van der Waals surface area contributed by atoms with Gasteiger partial charge in [0.1, 0.15) is 5.84 Å². The molecule has 1 aromatic heterocycles. The average Bonchev–Trinajstić information content (AvgIpc) is 3.20. The van der Waals surface area contributed by atoms with Gasteiger partial charge < -0.3 is 14.6 Å². The van der Waals surface area contributed by atoms with E-state index in [0.29, 0.717) is 11.5 Å². The highest BCUT2D eigenvalue weighted by Crippen LogP contribution is 2.42. The van der Waals surface area contributed by atoms with Gasteiger partial charge >= 0.3 is 5.97 Å². The lowest BCUT2D eigenvalue weighted by atomic mass is 9.82. The number of hydrogen-bond acceptors (Lipinski definition) is 3. The van der Waals surface area contributed by atoms with Gasteiger partial charge in [0.15, 0.2) is 0 Å². The van der Waals surface area contributed by atoms with Gasteiger partial charge in [-0.15, -0.1) is 0 Å². The minimum atomic E-state index is -0.852. The SMILES string of the molecule is O=C(O)c1ccc2c(C3CCCCC3)c3n(c2c1)CCCN1CCN=C31. The molecule has 26 heavy (non-hydrogen) atoms. The highest BCUT2D eigenvalue weighted by molar-refractivity contribution is 6.07. The third-order valence-electron chi connectivity index (χ3n) is 6.32. The largest absolute Gasteiger partial charge is 0.478 e. The first kappa shape index (κ1) is 15.9. The van der Waals surface area contributed by atoms with Gasteiger partial charge in [-0.2, -0.15) is 0 Å². The zero-order valence-electron chi connectivity index (χ0n) is 15.1. The van der Waals surface area contributed by atoms with Crippen LogP contribution in [0.4, 0.5) is 0 Å². The van der Waals surface area contributed by atoms with Crippen molar-refractivity contribution < 1.29 is 9.90 Å². The molecule has 1 aromatic carbocycles. The number of rotatable bonds is 2. The molecule has 5 nitrogen and oxygen atoms in total. The number of benzene rings is 1. The number of carboxylic acids is 1. The molecule has 136 valence electrons. The molecule has 1 saturated carbocycles. The molecule has 1 aliphatic carbocycles. The third kappa shape index (κ3) is 2.37. The molecule has 0 radical (unpaired) electrons. The molecule has 1 N–H and O–H groups in total. The van der Waals surface area contributed by atoms with E-state index in [9.17, 15) is 9.90 Å². The van der Waals surface area contributed by atoms with Crippen LogP contribution < -0.4 is 0 Å². The number of aliphatic imine (C=N–C) groups is 1. The molecule has 0 atom stereocenters. The second kappa shape index (κ2) is 6.15. The number of aromatic carboxylic acids is 1. The number of aryl methyl sites for hydroxylation is 1. The summed E-state index contributed by atoms with van der Waals surface area (Å²) in [4.78, 5) is 18.8. The summed E-state index contributed by atoms with van der Waals surface area (Å²) in [5, 5.41) is 10.7. The minimum absolute atomic E-state index is 0.377. The van der Waals surface area contributed by atoms with E-state index in [0.717, 1.165) is 44.0 Å². The average molecular weight is 351 g/mol. The number of aromatic nitrogens is 1. The Balaban J connectivity index is 1.79.